The standard InChI is InChI=1S/C18H27ClN2O3/c1-3-5-9-24-17-15(19)10-13(11-16(17)23-4-2)18(22)21-8-6-7-14(20)12-21/h10-11,14H,3-9,12,20H2,1-2H3. The third kappa shape index (κ3) is 4.77. The Hall–Kier alpha value is -1.46. The molecule has 1 saturated heterocycles. The average Bonchev–Trinajstić information content (AvgIpc) is 2.56. The van der Waals surface area contributed by atoms with Crippen molar-refractivity contribution in [1.82, 2.24) is 4.90 Å². The van der Waals surface area contributed by atoms with Crippen molar-refractivity contribution in [2.45, 2.75) is 45.6 Å². The molecule has 24 heavy (non-hydrogen) atoms. The van der Waals surface area contributed by atoms with Gasteiger partial charge in [0.15, 0.2) is 11.5 Å². The number of benzene rings is 1. The molecule has 0 aliphatic carbocycles. The Kier molecular flexibility index (Phi) is 7.18. The number of piperidine rings is 1. The summed E-state index contributed by atoms with van der Waals surface area (Å²) in [5.74, 6) is 0.970. The molecule has 0 aromatic heterocycles. The summed E-state index contributed by atoms with van der Waals surface area (Å²) in [6.45, 7) is 6.34. The molecule has 1 atom stereocenters. The monoisotopic (exact) mass is 354 g/mol. The van der Waals surface area contributed by atoms with Crippen LogP contribution in [0.5, 0.6) is 11.5 Å². The number of hydrogen-bond acceptors (Lipinski definition) is 4. The first-order valence-corrected chi connectivity index (χ1v) is 9.08. The number of rotatable bonds is 7. The molecule has 0 spiro atoms. The Morgan fingerprint density at radius 3 is 2.83 bits per heavy atom. The van der Waals surface area contributed by atoms with Crippen LogP contribution >= 0.6 is 11.6 Å². The van der Waals surface area contributed by atoms with E-state index >= 15 is 0 Å². The molecular weight excluding hydrogens is 328 g/mol. The summed E-state index contributed by atoms with van der Waals surface area (Å²) in [5.41, 5.74) is 6.49. The summed E-state index contributed by atoms with van der Waals surface area (Å²) >= 11 is 6.36. The molecule has 0 saturated carbocycles. The van der Waals surface area contributed by atoms with Gasteiger partial charge in [0.1, 0.15) is 0 Å². The van der Waals surface area contributed by atoms with E-state index in [4.69, 9.17) is 26.8 Å². The zero-order valence-corrected chi connectivity index (χ0v) is 15.3. The fraction of sp³-hybridized carbons (Fsp3) is 0.611. The highest BCUT2D eigenvalue weighted by atomic mass is 35.5. The van der Waals surface area contributed by atoms with Gasteiger partial charge in [-0.2, -0.15) is 0 Å². The molecule has 1 unspecified atom stereocenters. The van der Waals surface area contributed by atoms with Gasteiger partial charge in [0, 0.05) is 24.7 Å². The summed E-state index contributed by atoms with van der Waals surface area (Å²) in [6, 6.07) is 3.42. The second kappa shape index (κ2) is 9.14. The molecule has 2 N–H and O–H groups in total. The van der Waals surface area contributed by atoms with Gasteiger partial charge in [-0.05, 0) is 38.3 Å². The molecular formula is C18H27ClN2O3. The number of carbonyl (C=O) groups excluding carboxylic acids is 1. The lowest BCUT2D eigenvalue weighted by molar-refractivity contribution is 0.0708. The number of unbranched alkanes of at least 4 members (excludes halogenated alkanes) is 1. The first-order chi connectivity index (χ1) is 11.6. The van der Waals surface area contributed by atoms with Crippen LogP contribution in [0.3, 0.4) is 0 Å². The smallest absolute Gasteiger partial charge is 0.254 e. The lowest BCUT2D eigenvalue weighted by atomic mass is 10.1. The molecule has 1 aromatic rings. The average molecular weight is 355 g/mol. The van der Waals surface area contributed by atoms with Crippen LogP contribution in [-0.2, 0) is 0 Å². The van der Waals surface area contributed by atoms with E-state index in [0.29, 0.717) is 41.8 Å². The number of likely N-dealkylation sites (tertiary alicyclic amines) is 1. The summed E-state index contributed by atoms with van der Waals surface area (Å²) in [6.07, 6.45) is 3.86. The molecule has 5 nitrogen and oxygen atoms in total. The van der Waals surface area contributed by atoms with Crippen LogP contribution in [0.2, 0.25) is 5.02 Å². The van der Waals surface area contributed by atoms with Crippen molar-refractivity contribution < 1.29 is 14.3 Å². The van der Waals surface area contributed by atoms with E-state index in [1.165, 1.54) is 0 Å². The van der Waals surface area contributed by atoms with E-state index in [1.807, 2.05) is 6.92 Å². The van der Waals surface area contributed by atoms with Gasteiger partial charge in [-0.15, -0.1) is 0 Å². The van der Waals surface area contributed by atoms with Gasteiger partial charge in [0.05, 0.1) is 18.2 Å². The van der Waals surface area contributed by atoms with E-state index in [9.17, 15) is 4.79 Å². The van der Waals surface area contributed by atoms with E-state index in [1.54, 1.807) is 17.0 Å². The van der Waals surface area contributed by atoms with Crippen molar-refractivity contribution in [3.8, 4) is 11.5 Å². The van der Waals surface area contributed by atoms with Crippen molar-refractivity contribution in [3.63, 3.8) is 0 Å². The largest absolute Gasteiger partial charge is 0.490 e. The van der Waals surface area contributed by atoms with Gasteiger partial charge >= 0.3 is 0 Å². The maximum Gasteiger partial charge on any atom is 0.254 e. The zero-order valence-electron chi connectivity index (χ0n) is 14.5. The second-order valence-electron chi connectivity index (χ2n) is 6.07. The minimum atomic E-state index is -0.0619. The van der Waals surface area contributed by atoms with Gasteiger partial charge in [0.25, 0.3) is 5.91 Å². The van der Waals surface area contributed by atoms with E-state index in [-0.39, 0.29) is 11.9 Å². The molecule has 1 aromatic carbocycles. The van der Waals surface area contributed by atoms with Gasteiger partial charge in [0.2, 0.25) is 0 Å². The molecule has 2 rings (SSSR count). The summed E-state index contributed by atoms with van der Waals surface area (Å²) < 4.78 is 11.4. The lowest BCUT2D eigenvalue weighted by Crippen LogP contribution is -2.45. The fourth-order valence-electron chi connectivity index (χ4n) is 2.79. The van der Waals surface area contributed by atoms with E-state index < -0.39 is 0 Å². The minimum absolute atomic E-state index is 0.0428. The van der Waals surface area contributed by atoms with Crippen molar-refractivity contribution in [2.24, 2.45) is 5.73 Å². The first-order valence-electron chi connectivity index (χ1n) is 8.70. The predicted octanol–water partition coefficient (Wildman–Crippen LogP) is 3.48. The third-order valence-corrected chi connectivity index (χ3v) is 4.33. The minimum Gasteiger partial charge on any atom is -0.490 e. The van der Waals surface area contributed by atoms with Crippen LogP contribution in [0.4, 0.5) is 0 Å². The zero-order chi connectivity index (χ0) is 17.5. The van der Waals surface area contributed by atoms with Gasteiger partial charge in [-0.25, -0.2) is 0 Å². The Morgan fingerprint density at radius 2 is 2.17 bits per heavy atom. The molecule has 1 aliphatic rings. The molecule has 1 aliphatic heterocycles. The molecule has 6 heteroatoms. The number of nitrogens with zero attached hydrogens (tertiary/aromatic N) is 1. The number of hydrogen-bond donors (Lipinski definition) is 1. The highest BCUT2D eigenvalue weighted by molar-refractivity contribution is 6.32. The van der Waals surface area contributed by atoms with E-state index in [0.717, 1.165) is 32.2 Å². The number of carbonyl (C=O) groups is 1. The maximum absolute atomic E-state index is 12.7. The summed E-state index contributed by atoms with van der Waals surface area (Å²) in [4.78, 5) is 14.5. The topological polar surface area (TPSA) is 64.8 Å². The number of halogens is 1. The molecule has 0 bridgehead atoms. The lowest BCUT2D eigenvalue weighted by Gasteiger charge is -2.31. The Labute approximate surface area is 149 Å². The van der Waals surface area contributed by atoms with Crippen molar-refractivity contribution in [2.75, 3.05) is 26.3 Å². The predicted molar refractivity (Wildman–Crippen MR) is 96.1 cm³/mol. The van der Waals surface area contributed by atoms with Crippen LogP contribution in [0, 0.1) is 0 Å². The fourth-order valence-corrected chi connectivity index (χ4v) is 3.06. The van der Waals surface area contributed by atoms with Crippen molar-refractivity contribution in [1.29, 1.82) is 0 Å². The quantitative estimate of drug-likeness (QED) is 0.761. The van der Waals surface area contributed by atoms with Crippen LogP contribution < -0.4 is 15.2 Å². The normalized spacial score (nSPS) is 17.7. The van der Waals surface area contributed by atoms with Crippen LogP contribution in [0.25, 0.3) is 0 Å². The highest BCUT2D eigenvalue weighted by Crippen LogP contribution is 2.37. The van der Waals surface area contributed by atoms with Crippen LogP contribution in [0.1, 0.15) is 49.9 Å². The Morgan fingerprint density at radius 1 is 1.38 bits per heavy atom. The summed E-state index contributed by atoms with van der Waals surface area (Å²) in [5, 5.41) is 0.404. The number of ether oxygens (including phenoxy) is 2. The van der Waals surface area contributed by atoms with Crippen LogP contribution in [-0.4, -0.2) is 43.2 Å². The Balaban J connectivity index is 2.22. The van der Waals surface area contributed by atoms with Crippen molar-refractivity contribution >= 4 is 17.5 Å². The van der Waals surface area contributed by atoms with Gasteiger partial charge in [-0.3, -0.25) is 4.79 Å². The Bertz CT molecular complexity index is 565. The molecule has 1 amide bonds. The van der Waals surface area contributed by atoms with Gasteiger partial charge < -0.3 is 20.1 Å². The SMILES string of the molecule is CCCCOc1c(Cl)cc(C(=O)N2CCCC(N)C2)cc1OCC. The highest BCUT2D eigenvalue weighted by Gasteiger charge is 2.24. The maximum atomic E-state index is 12.7. The summed E-state index contributed by atoms with van der Waals surface area (Å²) in [7, 11) is 0. The number of nitrogens with two attached hydrogens (primary N) is 1. The van der Waals surface area contributed by atoms with E-state index in [2.05, 4.69) is 6.92 Å². The first kappa shape index (κ1) is 18.9. The molecule has 1 fully saturated rings. The third-order valence-electron chi connectivity index (χ3n) is 4.05. The molecule has 1 heterocycles. The van der Waals surface area contributed by atoms with Gasteiger partial charge in [-0.1, -0.05) is 24.9 Å². The number of amides is 1. The second-order valence-corrected chi connectivity index (χ2v) is 6.48. The molecule has 134 valence electrons. The van der Waals surface area contributed by atoms with Crippen molar-refractivity contribution in [3.05, 3.63) is 22.7 Å². The van der Waals surface area contributed by atoms with Crippen LogP contribution in [0.15, 0.2) is 12.1 Å². The molecule has 0 radical (unpaired) electrons.